The van der Waals surface area contributed by atoms with Crippen LogP contribution < -0.4 is 0 Å². The molecule has 0 amide bonds. The highest BCUT2D eigenvalue weighted by Gasteiger charge is 2.24. The largest absolute Gasteiger partial charge is 0.0651 e. The van der Waals surface area contributed by atoms with Crippen LogP contribution in [-0.4, -0.2) is 0 Å². The zero-order valence-corrected chi connectivity index (χ0v) is 8.28. The molecule has 0 N–H and O–H groups in total. The lowest BCUT2D eigenvalue weighted by Gasteiger charge is -2.31. The molecular weight excluding hydrogens is 120 g/mol. The molecule has 0 aromatic rings. The predicted octanol–water partition coefficient (Wildman–Crippen LogP) is 3.67. The second-order valence-electron chi connectivity index (χ2n) is 4.24. The first-order chi connectivity index (χ1) is 4.39. The van der Waals surface area contributed by atoms with Gasteiger partial charge in [-0.2, -0.15) is 0 Å². The van der Waals surface area contributed by atoms with E-state index in [0.29, 0.717) is 5.41 Å². The van der Waals surface area contributed by atoms with Gasteiger partial charge in [-0.3, -0.25) is 0 Å². The van der Waals surface area contributed by atoms with Gasteiger partial charge in [0.2, 0.25) is 0 Å². The molecule has 0 nitrogen and oxygen atoms in total. The van der Waals surface area contributed by atoms with E-state index in [9.17, 15) is 0 Å². The van der Waals surface area contributed by atoms with E-state index >= 15 is 0 Å². The van der Waals surface area contributed by atoms with Crippen molar-refractivity contribution >= 4 is 0 Å². The molecule has 0 rings (SSSR count). The van der Waals surface area contributed by atoms with Crippen molar-refractivity contribution in [2.24, 2.45) is 11.3 Å². The highest BCUT2D eigenvalue weighted by molar-refractivity contribution is 4.99. The van der Waals surface area contributed by atoms with Gasteiger partial charge >= 0.3 is 0 Å². The summed E-state index contributed by atoms with van der Waals surface area (Å²) < 4.78 is 0. The van der Waals surface area contributed by atoms with Crippen molar-refractivity contribution in [3.05, 3.63) is 5.92 Å². The van der Waals surface area contributed by atoms with Crippen LogP contribution in [0.2, 0.25) is 0 Å². The molecule has 61 valence electrons. The van der Waals surface area contributed by atoms with Crippen LogP contribution in [0, 0.1) is 17.3 Å². The summed E-state index contributed by atoms with van der Waals surface area (Å²) in [6.07, 6.45) is 1.27. The Morgan fingerprint density at radius 3 is 1.80 bits per heavy atom. The number of rotatable bonds is 2. The van der Waals surface area contributed by atoms with Crippen LogP contribution in [0.3, 0.4) is 0 Å². The van der Waals surface area contributed by atoms with Crippen molar-refractivity contribution in [1.82, 2.24) is 0 Å². The fourth-order valence-corrected chi connectivity index (χ4v) is 1.05. The van der Waals surface area contributed by atoms with Crippen LogP contribution in [-0.2, 0) is 0 Å². The van der Waals surface area contributed by atoms with E-state index in [2.05, 4.69) is 41.5 Å². The molecule has 0 saturated carbocycles. The summed E-state index contributed by atoms with van der Waals surface area (Å²) in [5.41, 5.74) is 0.398. The molecule has 1 unspecified atom stereocenters. The molecule has 1 atom stereocenters. The average molecular weight is 141 g/mol. The second-order valence-corrected chi connectivity index (χ2v) is 4.24. The number of hydrogen-bond donors (Lipinski definition) is 0. The molecule has 0 bridgehead atoms. The van der Waals surface area contributed by atoms with Gasteiger partial charge in [-0.1, -0.05) is 48.0 Å². The molecule has 0 aliphatic rings. The fourth-order valence-electron chi connectivity index (χ4n) is 1.05. The second kappa shape index (κ2) is 3.41. The Kier molecular flexibility index (Phi) is 3.41. The smallest absolute Gasteiger partial charge is 0.0190 e. The van der Waals surface area contributed by atoms with Crippen LogP contribution in [0.15, 0.2) is 0 Å². The lowest BCUT2D eigenvalue weighted by Crippen LogP contribution is -2.21. The Morgan fingerprint density at radius 1 is 1.30 bits per heavy atom. The maximum absolute atomic E-state index is 2.31. The molecule has 0 fully saturated rings. The Morgan fingerprint density at radius 2 is 1.70 bits per heavy atom. The summed E-state index contributed by atoms with van der Waals surface area (Å²) in [5, 5.41) is 0. The Hall–Kier alpha value is 0. The molecule has 0 heterocycles. The molecule has 0 spiro atoms. The third-order valence-electron chi connectivity index (χ3n) is 2.53. The maximum atomic E-state index is 2.31. The normalized spacial score (nSPS) is 15.9. The standard InChI is InChI=1S/C10H21/c1-7-8(2)9(3)10(4,5)6/h8H,7H2,1-6H3. The van der Waals surface area contributed by atoms with Crippen molar-refractivity contribution in [3.8, 4) is 0 Å². The van der Waals surface area contributed by atoms with Gasteiger partial charge in [0, 0.05) is 0 Å². The van der Waals surface area contributed by atoms with E-state index < -0.39 is 0 Å². The van der Waals surface area contributed by atoms with Gasteiger partial charge in [-0.05, 0) is 17.3 Å². The minimum atomic E-state index is 0.398. The Bertz CT molecular complexity index is 86.7. The van der Waals surface area contributed by atoms with Crippen LogP contribution in [0.5, 0.6) is 0 Å². The van der Waals surface area contributed by atoms with Crippen molar-refractivity contribution < 1.29 is 0 Å². The molecule has 1 radical (unpaired) electrons. The van der Waals surface area contributed by atoms with E-state index in [0.717, 1.165) is 5.92 Å². The first kappa shape index (κ1) is 10.0. The van der Waals surface area contributed by atoms with E-state index in [1.54, 1.807) is 5.92 Å². The summed E-state index contributed by atoms with van der Waals surface area (Å²) >= 11 is 0. The molecule has 10 heavy (non-hydrogen) atoms. The zero-order chi connectivity index (χ0) is 8.36. The van der Waals surface area contributed by atoms with Crippen LogP contribution in [0.4, 0.5) is 0 Å². The molecule has 0 aliphatic heterocycles. The number of hydrogen-bond acceptors (Lipinski definition) is 0. The van der Waals surface area contributed by atoms with Gasteiger partial charge in [0.15, 0.2) is 0 Å². The summed E-state index contributed by atoms with van der Waals surface area (Å²) in [6.45, 7) is 13.7. The van der Waals surface area contributed by atoms with Gasteiger partial charge < -0.3 is 0 Å². The van der Waals surface area contributed by atoms with Gasteiger partial charge in [0.25, 0.3) is 0 Å². The monoisotopic (exact) mass is 141 g/mol. The quantitative estimate of drug-likeness (QED) is 0.550. The highest BCUT2D eigenvalue weighted by Crippen LogP contribution is 2.34. The SMILES string of the molecule is CCC(C)[C](C)C(C)(C)C. The van der Waals surface area contributed by atoms with E-state index in [1.807, 2.05) is 0 Å². The van der Waals surface area contributed by atoms with Gasteiger partial charge in [-0.15, -0.1) is 0 Å². The van der Waals surface area contributed by atoms with Crippen molar-refractivity contribution in [2.75, 3.05) is 0 Å². The van der Waals surface area contributed by atoms with E-state index in [-0.39, 0.29) is 0 Å². The summed E-state index contributed by atoms with van der Waals surface area (Å²) in [6, 6.07) is 0. The zero-order valence-electron chi connectivity index (χ0n) is 8.28. The summed E-state index contributed by atoms with van der Waals surface area (Å²) in [5.74, 6) is 2.40. The lowest BCUT2D eigenvalue weighted by molar-refractivity contribution is 0.352. The average Bonchev–Trinajstić information content (AvgIpc) is 1.83. The van der Waals surface area contributed by atoms with Crippen LogP contribution in [0.1, 0.15) is 48.0 Å². The first-order valence-electron chi connectivity index (χ1n) is 4.23. The topological polar surface area (TPSA) is 0 Å². The summed E-state index contributed by atoms with van der Waals surface area (Å²) in [7, 11) is 0. The molecule has 0 aliphatic carbocycles. The minimum Gasteiger partial charge on any atom is -0.0651 e. The van der Waals surface area contributed by atoms with Crippen molar-refractivity contribution in [2.45, 2.75) is 48.0 Å². The summed E-state index contributed by atoms with van der Waals surface area (Å²) in [4.78, 5) is 0. The van der Waals surface area contributed by atoms with Crippen molar-refractivity contribution in [3.63, 3.8) is 0 Å². The Labute approximate surface area is 66.0 Å². The highest BCUT2D eigenvalue weighted by atomic mass is 14.3. The third-order valence-corrected chi connectivity index (χ3v) is 2.53. The fraction of sp³-hybridized carbons (Fsp3) is 0.900. The van der Waals surface area contributed by atoms with E-state index in [4.69, 9.17) is 0 Å². The first-order valence-corrected chi connectivity index (χ1v) is 4.23. The Balaban J connectivity index is 3.94. The predicted molar refractivity (Wildman–Crippen MR) is 47.8 cm³/mol. The van der Waals surface area contributed by atoms with Crippen molar-refractivity contribution in [1.29, 1.82) is 0 Å². The van der Waals surface area contributed by atoms with E-state index in [1.165, 1.54) is 6.42 Å². The molecular formula is C10H21. The molecule has 0 saturated heterocycles. The molecule has 0 aromatic carbocycles. The lowest BCUT2D eigenvalue weighted by atomic mass is 9.74. The van der Waals surface area contributed by atoms with Gasteiger partial charge in [0.05, 0.1) is 0 Å². The molecule has 0 heteroatoms. The van der Waals surface area contributed by atoms with Crippen LogP contribution in [0.25, 0.3) is 0 Å². The minimum absolute atomic E-state index is 0.398. The van der Waals surface area contributed by atoms with Gasteiger partial charge in [0.1, 0.15) is 0 Å². The molecule has 0 aromatic heterocycles. The maximum Gasteiger partial charge on any atom is -0.0190 e. The van der Waals surface area contributed by atoms with Gasteiger partial charge in [-0.25, -0.2) is 0 Å². The third kappa shape index (κ3) is 2.72. The van der Waals surface area contributed by atoms with Crippen LogP contribution >= 0.6 is 0 Å².